The molecule has 0 aliphatic heterocycles. The third-order valence-corrected chi connectivity index (χ3v) is 2.63. The zero-order chi connectivity index (χ0) is 9.90. The third-order valence-electron chi connectivity index (χ3n) is 2.63. The summed E-state index contributed by atoms with van der Waals surface area (Å²) in [6.07, 6.45) is 0. The van der Waals surface area contributed by atoms with Gasteiger partial charge in [0.25, 0.3) is 0 Å². The summed E-state index contributed by atoms with van der Waals surface area (Å²) in [5, 5.41) is 13.2. The van der Waals surface area contributed by atoms with Crippen LogP contribution in [0.15, 0.2) is 30.3 Å². The molecule has 0 aromatic heterocycles. The topological polar surface area (TPSA) is 32.3 Å². The van der Waals surface area contributed by atoms with Gasteiger partial charge in [0.2, 0.25) is 0 Å². The Labute approximate surface area is 79.6 Å². The van der Waals surface area contributed by atoms with Crippen molar-refractivity contribution in [1.82, 2.24) is 5.32 Å². The van der Waals surface area contributed by atoms with Crippen LogP contribution >= 0.6 is 0 Å². The van der Waals surface area contributed by atoms with Crippen molar-refractivity contribution in [2.75, 3.05) is 7.05 Å². The fourth-order valence-electron chi connectivity index (χ4n) is 1.31. The largest absolute Gasteiger partial charge is 0.384 e. The van der Waals surface area contributed by atoms with Gasteiger partial charge in [-0.05, 0) is 26.5 Å². The van der Waals surface area contributed by atoms with Crippen molar-refractivity contribution in [3.63, 3.8) is 0 Å². The van der Waals surface area contributed by atoms with E-state index in [1.807, 2.05) is 51.2 Å². The molecule has 0 bridgehead atoms. The highest BCUT2D eigenvalue weighted by atomic mass is 16.3. The Morgan fingerprint density at radius 3 is 2.31 bits per heavy atom. The van der Waals surface area contributed by atoms with Crippen molar-refractivity contribution in [3.05, 3.63) is 35.9 Å². The number of likely N-dealkylation sites (N-methyl/N-ethyl adjacent to an activating group) is 1. The highest BCUT2D eigenvalue weighted by molar-refractivity contribution is 5.23. The smallest absolute Gasteiger partial charge is 0.102 e. The Morgan fingerprint density at radius 2 is 1.85 bits per heavy atom. The van der Waals surface area contributed by atoms with Crippen molar-refractivity contribution in [3.8, 4) is 0 Å². The Hall–Kier alpha value is -0.860. The summed E-state index contributed by atoms with van der Waals surface area (Å²) >= 11 is 0. The Balaban J connectivity index is 2.93. The maximum Gasteiger partial charge on any atom is 0.102 e. The second-order valence-corrected chi connectivity index (χ2v) is 3.52. The minimum Gasteiger partial charge on any atom is -0.384 e. The second-order valence-electron chi connectivity index (χ2n) is 3.52. The monoisotopic (exact) mass is 179 g/mol. The van der Waals surface area contributed by atoms with Gasteiger partial charge in [-0.1, -0.05) is 30.3 Å². The van der Waals surface area contributed by atoms with Crippen LogP contribution in [0.1, 0.15) is 19.4 Å². The van der Waals surface area contributed by atoms with Crippen LogP contribution in [0.5, 0.6) is 0 Å². The Bertz CT molecular complexity index is 256. The van der Waals surface area contributed by atoms with Crippen LogP contribution in [0.3, 0.4) is 0 Å². The predicted molar refractivity (Wildman–Crippen MR) is 54.5 cm³/mol. The zero-order valence-corrected chi connectivity index (χ0v) is 8.41. The molecule has 2 heteroatoms. The zero-order valence-electron chi connectivity index (χ0n) is 8.41. The van der Waals surface area contributed by atoms with E-state index in [0.717, 1.165) is 5.56 Å². The van der Waals surface area contributed by atoms with Gasteiger partial charge in [-0.3, -0.25) is 0 Å². The highest BCUT2D eigenvalue weighted by Gasteiger charge is 2.28. The van der Waals surface area contributed by atoms with Crippen LogP contribution in [0, 0.1) is 0 Å². The number of hydrogen-bond acceptors (Lipinski definition) is 2. The SMILES string of the molecule is CN[C@H](C)[C@](C)(O)c1ccccc1. The molecule has 1 aromatic carbocycles. The molecule has 2 nitrogen and oxygen atoms in total. The molecule has 0 radical (unpaired) electrons. The number of hydrogen-bond donors (Lipinski definition) is 2. The van der Waals surface area contributed by atoms with Crippen molar-refractivity contribution >= 4 is 0 Å². The molecule has 0 spiro atoms. The van der Waals surface area contributed by atoms with Gasteiger partial charge in [0.1, 0.15) is 5.60 Å². The second kappa shape index (κ2) is 3.90. The summed E-state index contributed by atoms with van der Waals surface area (Å²) in [6, 6.07) is 9.74. The van der Waals surface area contributed by atoms with Crippen molar-refractivity contribution in [2.45, 2.75) is 25.5 Å². The Morgan fingerprint density at radius 1 is 1.31 bits per heavy atom. The lowest BCUT2D eigenvalue weighted by atomic mass is 9.89. The molecule has 13 heavy (non-hydrogen) atoms. The van der Waals surface area contributed by atoms with E-state index in [1.165, 1.54) is 0 Å². The van der Waals surface area contributed by atoms with Crippen LogP contribution in [0.25, 0.3) is 0 Å². The van der Waals surface area contributed by atoms with Crippen LogP contribution in [0.2, 0.25) is 0 Å². The first-order valence-electron chi connectivity index (χ1n) is 4.54. The molecule has 0 heterocycles. The fraction of sp³-hybridized carbons (Fsp3) is 0.455. The summed E-state index contributed by atoms with van der Waals surface area (Å²) in [6.45, 7) is 3.79. The third kappa shape index (κ3) is 2.08. The molecule has 0 aliphatic carbocycles. The summed E-state index contributed by atoms with van der Waals surface area (Å²) in [4.78, 5) is 0. The quantitative estimate of drug-likeness (QED) is 0.737. The van der Waals surface area contributed by atoms with Crippen molar-refractivity contribution in [1.29, 1.82) is 0 Å². The molecule has 1 aromatic rings. The first-order valence-corrected chi connectivity index (χ1v) is 4.54. The average Bonchev–Trinajstić information content (AvgIpc) is 2.18. The van der Waals surface area contributed by atoms with Gasteiger partial charge in [-0.25, -0.2) is 0 Å². The van der Waals surface area contributed by atoms with Gasteiger partial charge in [0.05, 0.1) is 0 Å². The molecule has 0 aliphatic rings. The summed E-state index contributed by atoms with van der Waals surface area (Å²) in [5.41, 5.74) is 0.132. The lowest BCUT2D eigenvalue weighted by molar-refractivity contribution is 0.0242. The maximum atomic E-state index is 10.2. The normalized spacial score (nSPS) is 17.8. The van der Waals surface area contributed by atoms with Crippen LogP contribution < -0.4 is 5.32 Å². The number of benzene rings is 1. The van der Waals surface area contributed by atoms with E-state index in [4.69, 9.17) is 0 Å². The van der Waals surface area contributed by atoms with Crippen LogP contribution in [0.4, 0.5) is 0 Å². The molecule has 0 saturated heterocycles. The summed E-state index contributed by atoms with van der Waals surface area (Å²) in [7, 11) is 1.85. The fourth-order valence-corrected chi connectivity index (χ4v) is 1.31. The van der Waals surface area contributed by atoms with E-state index in [2.05, 4.69) is 5.32 Å². The molecule has 2 atom stereocenters. The molecule has 0 unspecified atom stereocenters. The number of rotatable bonds is 3. The lowest BCUT2D eigenvalue weighted by Crippen LogP contribution is -2.42. The van der Waals surface area contributed by atoms with Crippen molar-refractivity contribution in [2.24, 2.45) is 0 Å². The minimum absolute atomic E-state index is 0.0369. The van der Waals surface area contributed by atoms with E-state index < -0.39 is 5.60 Å². The van der Waals surface area contributed by atoms with Gasteiger partial charge in [-0.15, -0.1) is 0 Å². The number of nitrogens with one attached hydrogen (secondary N) is 1. The molecule has 72 valence electrons. The van der Waals surface area contributed by atoms with Gasteiger partial charge in [0.15, 0.2) is 0 Å². The summed E-state index contributed by atoms with van der Waals surface area (Å²) < 4.78 is 0. The van der Waals surface area contributed by atoms with Gasteiger partial charge in [-0.2, -0.15) is 0 Å². The average molecular weight is 179 g/mol. The van der Waals surface area contributed by atoms with Crippen molar-refractivity contribution < 1.29 is 5.11 Å². The Kier molecular flexibility index (Phi) is 3.07. The molecular formula is C11H17NO. The van der Waals surface area contributed by atoms with Gasteiger partial charge >= 0.3 is 0 Å². The predicted octanol–water partition coefficient (Wildman–Crippen LogP) is 1.50. The van der Waals surface area contributed by atoms with E-state index in [0.29, 0.717) is 0 Å². The summed E-state index contributed by atoms with van der Waals surface area (Å²) in [5.74, 6) is 0. The first-order chi connectivity index (χ1) is 6.09. The molecule has 2 N–H and O–H groups in total. The van der Waals surface area contributed by atoms with Crippen LogP contribution in [-0.4, -0.2) is 18.2 Å². The van der Waals surface area contributed by atoms with E-state index in [9.17, 15) is 5.11 Å². The molecule has 1 rings (SSSR count). The van der Waals surface area contributed by atoms with E-state index >= 15 is 0 Å². The van der Waals surface area contributed by atoms with Gasteiger partial charge < -0.3 is 10.4 Å². The molecule has 0 saturated carbocycles. The molecule has 0 amide bonds. The lowest BCUT2D eigenvalue weighted by Gasteiger charge is -2.30. The first kappa shape index (κ1) is 10.2. The van der Waals surface area contributed by atoms with E-state index in [-0.39, 0.29) is 6.04 Å². The maximum absolute atomic E-state index is 10.2. The highest BCUT2D eigenvalue weighted by Crippen LogP contribution is 2.23. The standard InChI is InChI=1S/C11H17NO/c1-9(12-3)11(2,13)10-7-5-4-6-8-10/h4-9,12-13H,1-3H3/t9-,11+/m1/s1. The molecule has 0 fully saturated rings. The number of aliphatic hydroxyl groups is 1. The van der Waals surface area contributed by atoms with E-state index in [1.54, 1.807) is 0 Å². The van der Waals surface area contributed by atoms with Crippen LogP contribution in [-0.2, 0) is 5.60 Å². The molecular weight excluding hydrogens is 162 g/mol. The minimum atomic E-state index is -0.810. The van der Waals surface area contributed by atoms with Gasteiger partial charge in [0, 0.05) is 6.04 Å².